The van der Waals surface area contributed by atoms with Gasteiger partial charge < -0.3 is 4.74 Å². The lowest BCUT2D eigenvalue weighted by molar-refractivity contribution is -0.189. The molecule has 0 saturated carbocycles. The molecule has 1 heteroatoms. The highest BCUT2D eigenvalue weighted by atomic mass is 16.5. The summed E-state index contributed by atoms with van der Waals surface area (Å²) in [6.07, 6.45) is 6.33. The first-order chi connectivity index (χ1) is 5.52. The minimum Gasteiger partial charge on any atom is -0.372 e. The van der Waals surface area contributed by atoms with Gasteiger partial charge in [0.05, 0.1) is 11.7 Å². The molecule has 1 aliphatic rings. The average Bonchev–Trinajstić information content (AvgIpc) is 1.83. The SMILES string of the molecule is CC(C)=CCC[C@@]1(C)C[C@H](C)O1. The highest BCUT2D eigenvalue weighted by Crippen LogP contribution is 2.35. The first-order valence-corrected chi connectivity index (χ1v) is 4.83. The van der Waals surface area contributed by atoms with Gasteiger partial charge in [-0.25, -0.2) is 0 Å². The molecule has 1 aliphatic heterocycles. The normalized spacial score (nSPS) is 34.2. The lowest BCUT2D eigenvalue weighted by Crippen LogP contribution is -2.46. The fraction of sp³-hybridized carbons (Fsp3) is 0.818. The van der Waals surface area contributed by atoms with Gasteiger partial charge in [-0.05, 0) is 40.5 Å². The van der Waals surface area contributed by atoms with Crippen LogP contribution in [0.4, 0.5) is 0 Å². The molecule has 0 N–H and O–H groups in total. The van der Waals surface area contributed by atoms with Gasteiger partial charge in [0, 0.05) is 6.42 Å². The van der Waals surface area contributed by atoms with Crippen molar-refractivity contribution in [2.75, 3.05) is 0 Å². The highest BCUT2D eigenvalue weighted by Gasteiger charge is 2.37. The van der Waals surface area contributed by atoms with E-state index in [4.69, 9.17) is 4.74 Å². The Balaban J connectivity index is 2.20. The van der Waals surface area contributed by atoms with E-state index in [2.05, 4.69) is 33.8 Å². The Morgan fingerprint density at radius 3 is 2.58 bits per heavy atom. The quantitative estimate of drug-likeness (QED) is 0.587. The van der Waals surface area contributed by atoms with Crippen LogP contribution in [0, 0.1) is 0 Å². The van der Waals surface area contributed by atoms with Crippen molar-refractivity contribution < 1.29 is 4.74 Å². The molecule has 1 fully saturated rings. The van der Waals surface area contributed by atoms with E-state index < -0.39 is 0 Å². The lowest BCUT2D eigenvalue weighted by atomic mass is 9.87. The summed E-state index contributed by atoms with van der Waals surface area (Å²) in [6, 6.07) is 0. The van der Waals surface area contributed by atoms with E-state index in [0.717, 1.165) is 6.42 Å². The van der Waals surface area contributed by atoms with E-state index in [1.807, 2.05) is 0 Å². The van der Waals surface area contributed by atoms with Crippen LogP contribution in [-0.2, 0) is 4.74 Å². The van der Waals surface area contributed by atoms with Crippen molar-refractivity contribution in [3.8, 4) is 0 Å². The van der Waals surface area contributed by atoms with Crippen LogP contribution in [0.3, 0.4) is 0 Å². The van der Waals surface area contributed by atoms with E-state index in [-0.39, 0.29) is 5.60 Å². The molecule has 2 atom stereocenters. The summed E-state index contributed by atoms with van der Waals surface area (Å²) in [4.78, 5) is 0. The number of hydrogen-bond donors (Lipinski definition) is 0. The second-order valence-corrected chi connectivity index (χ2v) is 4.40. The zero-order chi connectivity index (χ0) is 9.19. The molecule has 0 radical (unpaired) electrons. The van der Waals surface area contributed by atoms with Crippen LogP contribution in [0.15, 0.2) is 11.6 Å². The third-order valence-corrected chi connectivity index (χ3v) is 2.43. The lowest BCUT2D eigenvalue weighted by Gasteiger charge is -2.44. The Kier molecular flexibility index (Phi) is 2.94. The first-order valence-electron chi connectivity index (χ1n) is 4.83. The van der Waals surface area contributed by atoms with E-state index in [1.165, 1.54) is 18.4 Å². The van der Waals surface area contributed by atoms with Crippen LogP contribution in [0.25, 0.3) is 0 Å². The third-order valence-electron chi connectivity index (χ3n) is 2.43. The van der Waals surface area contributed by atoms with Gasteiger partial charge in [0.2, 0.25) is 0 Å². The monoisotopic (exact) mass is 168 g/mol. The van der Waals surface area contributed by atoms with Gasteiger partial charge in [-0.15, -0.1) is 0 Å². The number of rotatable bonds is 3. The largest absolute Gasteiger partial charge is 0.372 e. The van der Waals surface area contributed by atoms with Crippen LogP contribution >= 0.6 is 0 Å². The summed E-state index contributed by atoms with van der Waals surface area (Å²) in [6.45, 7) is 8.65. The minimum absolute atomic E-state index is 0.186. The molecule has 1 saturated heterocycles. The van der Waals surface area contributed by atoms with Crippen molar-refractivity contribution >= 4 is 0 Å². The van der Waals surface area contributed by atoms with Crippen LogP contribution < -0.4 is 0 Å². The summed E-state index contributed by atoms with van der Waals surface area (Å²) in [5, 5.41) is 0. The maximum Gasteiger partial charge on any atom is 0.0685 e. The first kappa shape index (κ1) is 9.79. The molecule has 0 aliphatic carbocycles. The summed E-state index contributed by atoms with van der Waals surface area (Å²) in [5.41, 5.74) is 1.59. The zero-order valence-corrected chi connectivity index (χ0v) is 8.68. The van der Waals surface area contributed by atoms with Crippen LogP contribution in [0.2, 0.25) is 0 Å². The molecule has 0 spiro atoms. The highest BCUT2D eigenvalue weighted by molar-refractivity contribution is 4.96. The second-order valence-electron chi connectivity index (χ2n) is 4.40. The second kappa shape index (κ2) is 3.61. The van der Waals surface area contributed by atoms with Gasteiger partial charge in [0.15, 0.2) is 0 Å². The van der Waals surface area contributed by atoms with E-state index >= 15 is 0 Å². The van der Waals surface area contributed by atoms with Gasteiger partial charge in [-0.2, -0.15) is 0 Å². The van der Waals surface area contributed by atoms with Crippen molar-refractivity contribution in [2.45, 2.75) is 58.7 Å². The van der Waals surface area contributed by atoms with Crippen molar-refractivity contribution in [2.24, 2.45) is 0 Å². The summed E-state index contributed by atoms with van der Waals surface area (Å²) >= 11 is 0. The van der Waals surface area contributed by atoms with Crippen molar-refractivity contribution in [1.29, 1.82) is 0 Å². The summed E-state index contributed by atoms with van der Waals surface area (Å²) in [7, 11) is 0. The van der Waals surface area contributed by atoms with E-state index in [1.54, 1.807) is 0 Å². The summed E-state index contributed by atoms with van der Waals surface area (Å²) in [5.74, 6) is 0. The minimum atomic E-state index is 0.186. The molecule has 12 heavy (non-hydrogen) atoms. The molecule has 0 aromatic rings. The van der Waals surface area contributed by atoms with Gasteiger partial charge in [0.25, 0.3) is 0 Å². The molecule has 0 aromatic carbocycles. The summed E-state index contributed by atoms with van der Waals surface area (Å²) < 4.78 is 5.68. The molecule has 0 amide bonds. The number of ether oxygens (including phenoxy) is 1. The fourth-order valence-electron chi connectivity index (χ4n) is 1.91. The Labute approximate surface area is 75.8 Å². The molecule has 70 valence electrons. The van der Waals surface area contributed by atoms with Crippen molar-refractivity contribution in [3.05, 3.63) is 11.6 Å². The van der Waals surface area contributed by atoms with E-state index in [9.17, 15) is 0 Å². The smallest absolute Gasteiger partial charge is 0.0685 e. The molecular weight excluding hydrogens is 148 g/mol. The Hall–Kier alpha value is -0.300. The molecule has 1 heterocycles. The topological polar surface area (TPSA) is 9.23 Å². The van der Waals surface area contributed by atoms with Gasteiger partial charge >= 0.3 is 0 Å². The van der Waals surface area contributed by atoms with Crippen LogP contribution in [-0.4, -0.2) is 11.7 Å². The molecule has 1 nitrogen and oxygen atoms in total. The Morgan fingerprint density at radius 2 is 2.17 bits per heavy atom. The Morgan fingerprint density at radius 1 is 1.58 bits per heavy atom. The fourth-order valence-corrected chi connectivity index (χ4v) is 1.91. The van der Waals surface area contributed by atoms with Gasteiger partial charge in [-0.1, -0.05) is 11.6 Å². The standard InChI is InChI=1S/C11H20O/c1-9(2)6-5-7-11(4)8-10(3)12-11/h6,10H,5,7-8H2,1-4H3/t10-,11-/m0/s1. The maximum absolute atomic E-state index is 5.68. The molecule has 1 rings (SSSR count). The van der Waals surface area contributed by atoms with E-state index in [0.29, 0.717) is 6.10 Å². The average molecular weight is 168 g/mol. The molecule has 0 aromatic heterocycles. The number of hydrogen-bond acceptors (Lipinski definition) is 1. The predicted octanol–water partition coefficient (Wildman–Crippen LogP) is 3.30. The van der Waals surface area contributed by atoms with Crippen LogP contribution in [0.5, 0.6) is 0 Å². The molecule has 0 bridgehead atoms. The van der Waals surface area contributed by atoms with Crippen LogP contribution in [0.1, 0.15) is 47.0 Å². The molecule has 0 unspecified atom stereocenters. The van der Waals surface area contributed by atoms with Gasteiger partial charge in [0.1, 0.15) is 0 Å². The third kappa shape index (κ3) is 2.63. The Bertz CT molecular complexity index is 171. The van der Waals surface area contributed by atoms with Crippen molar-refractivity contribution in [3.63, 3.8) is 0 Å². The van der Waals surface area contributed by atoms with Crippen molar-refractivity contribution in [1.82, 2.24) is 0 Å². The van der Waals surface area contributed by atoms with Gasteiger partial charge in [-0.3, -0.25) is 0 Å². The maximum atomic E-state index is 5.68. The molecular formula is C11H20O. The predicted molar refractivity (Wildman–Crippen MR) is 52.2 cm³/mol. The zero-order valence-electron chi connectivity index (χ0n) is 8.68. The number of allylic oxidation sites excluding steroid dienone is 2.